The van der Waals surface area contributed by atoms with Gasteiger partial charge in [0.05, 0.1) is 4.90 Å². The lowest BCUT2D eigenvalue weighted by atomic mass is 10.1. The molecule has 0 aliphatic rings. The Morgan fingerprint density at radius 1 is 1.07 bits per heavy atom. The van der Waals surface area contributed by atoms with E-state index < -0.39 is 21.5 Å². The molecule has 0 radical (unpaired) electrons. The number of rotatable bonds is 6. The van der Waals surface area contributed by atoms with E-state index in [0.717, 1.165) is 5.56 Å². The highest BCUT2D eigenvalue weighted by Crippen LogP contribution is 2.20. The molecular formula is C22H29N3O4S. The molecule has 0 bridgehead atoms. The summed E-state index contributed by atoms with van der Waals surface area (Å²) in [5, 5.41) is 2.81. The number of benzene rings is 2. The number of carbonyl (C=O) groups is 2. The highest BCUT2D eigenvalue weighted by Gasteiger charge is 2.23. The average Bonchev–Trinajstić information content (AvgIpc) is 2.60. The average molecular weight is 432 g/mol. The molecule has 0 saturated heterocycles. The van der Waals surface area contributed by atoms with Crippen LogP contribution < -0.4 is 10.0 Å². The minimum absolute atomic E-state index is 0.0324. The number of hydrogen-bond donors (Lipinski definition) is 2. The second-order valence-corrected chi connectivity index (χ2v) is 10.0. The van der Waals surface area contributed by atoms with Crippen LogP contribution in [0.15, 0.2) is 47.4 Å². The highest BCUT2D eigenvalue weighted by molar-refractivity contribution is 7.89. The summed E-state index contributed by atoms with van der Waals surface area (Å²) in [6, 6.07) is 11.7. The smallest absolute Gasteiger partial charge is 0.255 e. The van der Waals surface area contributed by atoms with Crippen molar-refractivity contribution in [2.45, 2.75) is 51.6 Å². The van der Waals surface area contributed by atoms with E-state index in [9.17, 15) is 18.0 Å². The summed E-state index contributed by atoms with van der Waals surface area (Å²) in [7, 11) is -2.06. The number of nitrogens with zero attached hydrogens (tertiary/aromatic N) is 1. The summed E-state index contributed by atoms with van der Waals surface area (Å²) in [5.41, 5.74) is 1.73. The molecule has 0 fully saturated rings. The molecule has 0 aliphatic carbocycles. The lowest BCUT2D eigenvalue weighted by molar-refractivity contribution is -0.128. The van der Waals surface area contributed by atoms with Crippen molar-refractivity contribution in [3.8, 4) is 0 Å². The van der Waals surface area contributed by atoms with E-state index in [1.54, 1.807) is 63.9 Å². The third-order valence-corrected chi connectivity index (χ3v) is 6.10. The fourth-order valence-corrected chi connectivity index (χ4v) is 4.25. The number of nitrogens with one attached hydrogen (secondary N) is 2. The van der Waals surface area contributed by atoms with Crippen molar-refractivity contribution >= 4 is 27.5 Å². The zero-order valence-electron chi connectivity index (χ0n) is 18.2. The van der Waals surface area contributed by atoms with Crippen LogP contribution in [0.2, 0.25) is 0 Å². The molecule has 0 unspecified atom stereocenters. The highest BCUT2D eigenvalue weighted by atomic mass is 32.2. The summed E-state index contributed by atoms with van der Waals surface area (Å²) in [5.74, 6) is -0.459. The Morgan fingerprint density at radius 3 is 2.33 bits per heavy atom. The van der Waals surface area contributed by atoms with Gasteiger partial charge in [0.1, 0.15) is 0 Å². The molecule has 2 N–H and O–H groups in total. The van der Waals surface area contributed by atoms with Gasteiger partial charge in [0.15, 0.2) is 0 Å². The Labute approximate surface area is 178 Å². The Bertz CT molecular complexity index is 1060. The molecule has 0 atom stereocenters. The maximum atomic E-state index is 12.9. The number of sulfonamides is 1. The van der Waals surface area contributed by atoms with Crippen LogP contribution >= 0.6 is 0 Å². The number of amides is 2. The largest absolute Gasteiger partial charge is 0.342 e. The molecule has 2 amide bonds. The van der Waals surface area contributed by atoms with Crippen molar-refractivity contribution in [1.29, 1.82) is 0 Å². The normalized spacial score (nSPS) is 11.8. The van der Waals surface area contributed by atoms with E-state index >= 15 is 0 Å². The maximum Gasteiger partial charge on any atom is 0.255 e. The molecule has 0 heterocycles. The van der Waals surface area contributed by atoms with E-state index in [-0.39, 0.29) is 16.4 Å². The molecule has 162 valence electrons. The van der Waals surface area contributed by atoms with Gasteiger partial charge >= 0.3 is 0 Å². The van der Waals surface area contributed by atoms with Gasteiger partial charge in [-0.2, -0.15) is 0 Å². The van der Waals surface area contributed by atoms with Crippen LogP contribution in [-0.4, -0.2) is 37.7 Å². The van der Waals surface area contributed by atoms with E-state index in [4.69, 9.17) is 0 Å². The van der Waals surface area contributed by atoms with E-state index in [0.29, 0.717) is 17.8 Å². The molecule has 2 aromatic rings. The van der Waals surface area contributed by atoms with Crippen molar-refractivity contribution in [2.24, 2.45) is 0 Å². The van der Waals surface area contributed by atoms with Crippen LogP contribution in [0, 0.1) is 6.92 Å². The SMILES string of the molecule is CC(=O)N(C)Cc1cccc(NC(=O)c2cc(S(=O)(=O)NC(C)(C)C)ccc2C)c1. The molecule has 0 aromatic heterocycles. The van der Waals surface area contributed by atoms with Crippen LogP contribution in [0.1, 0.15) is 49.2 Å². The standard InChI is InChI=1S/C22H29N3O4S/c1-15-10-11-19(30(28,29)24-22(3,4)5)13-20(15)21(27)23-18-9-7-8-17(12-18)14-25(6)16(2)26/h7-13,24H,14H2,1-6H3,(H,23,27). The first-order valence-corrected chi connectivity index (χ1v) is 11.0. The molecule has 2 rings (SSSR count). The van der Waals surface area contributed by atoms with Gasteiger partial charge in [-0.3, -0.25) is 9.59 Å². The van der Waals surface area contributed by atoms with Gasteiger partial charge in [0.2, 0.25) is 15.9 Å². The van der Waals surface area contributed by atoms with Crippen LogP contribution in [0.5, 0.6) is 0 Å². The van der Waals surface area contributed by atoms with E-state index in [2.05, 4.69) is 10.0 Å². The molecule has 0 saturated carbocycles. The van der Waals surface area contributed by atoms with Crippen LogP contribution in [0.3, 0.4) is 0 Å². The summed E-state index contributed by atoms with van der Waals surface area (Å²) in [4.78, 5) is 25.9. The summed E-state index contributed by atoms with van der Waals surface area (Å²) in [6.45, 7) is 8.92. The maximum absolute atomic E-state index is 12.9. The predicted octanol–water partition coefficient (Wildman–Crippen LogP) is 3.30. The Morgan fingerprint density at radius 2 is 1.73 bits per heavy atom. The molecule has 2 aromatic carbocycles. The van der Waals surface area contributed by atoms with Crippen molar-refractivity contribution in [3.05, 3.63) is 59.2 Å². The quantitative estimate of drug-likeness (QED) is 0.734. The number of anilines is 1. The molecule has 0 spiro atoms. The van der Waals surface area contributed by atoms with Gasteiger partial charge in [-0.15, -0.1) is 0 Å². The van der Waals surface area contributed by atoms with Crippen molar-refractivity contribution in [1.82, 2.24) is 9.62 Å². The van der Waals surface area contributed by atoms with Crippen molar-refractivity contribution in [3.63, 3.8) is 0 Å². The van der Waals surface area contributed by atoms with Crippen molar-refractivity contribution < 1.29 is 18.0 Å². The second kappa shape index (κ2) is 8.97. The third-order valence-electron chi connectivity index (χ3n) is 4.35. The monoisotopic (exact) mass is 431 g/mol. The second-order valence-electron chi connectivity index (χ2n) is 8.36. The van der Waals surface area contributed by atoms with Gasteiger partial charge < -0.3 is 10.2 Å². The number of carbonyl (C=O) groups excluding carboxylic acids is 2. The van der Waals surface area contributed by atoms with Crippen LogP contribution in [-0.2, 0) is 21.4 Å². The third kappa shape index (κ3) is 6.40. The fourth-order valence-electron chi connectivity index (χ4n) is 2.81. The first-order chi connectivity index (χ1) is 13.8. The fraction of sp³-hybridized carbons (Fsp3) is 0.364. The Kier molecular flexibility index (Phi) is 7.05. The van der Waals surface area contributed by atoms with Crippen LogP contribution in [0.4, 0.5) is 5.69 Å². The Hall–Kier alpha value is -2.71. The molecule has 30 heavy (non-hydrogen) atoms. The van der Waals surface area contributed by atoms with E-state index in [1.165, 1.54) is 19.1 Å². The zero-order valence-corrected chi connectivity index (χ0v) is 19.1. The van der Waals surface area contributed by atoms with E-state index in [1.807, 2.05) is 6.07 Å². The molecular weight excluding hydrogens is 402 g/mol. The first-order valence-electron chi connectivity index (χ1n) is 9.55. The summed E-state index contributed by atoms with van der Waals surface area (Å²) < 4.78 is 27.8. The summed E-state index contributed by atoms with van der Waals surface area (Å²) in [6.07, 6.45) is 0. The van der Waals surface area contributed by atoms with Gasteiger partial charge in [-0.1, -0.05) is 18.2 Å². The number of hydrogen-bond acceptors (Lipinski definition) is 4. The van der Waals surface area contributed by atoms with Crippen molar-refractivity contribution in [2.75, 3.05) is 12.4 Å². The lowest BCUT2D eigenvalue weighted by Gasteiger charge is -2.20. The summed E-state index contributed by atoms with van der Waals surface area (Å²) >= 11 is 0. The zero-order chi connectivity index (χ0) is 22.7. The predicted molar refractivity (Wildman–Crippen MR) is 118 cm³/mol. The Balaban J connectivity index is 2.27. The van der Waals surface area contributed by atoms with Gasteiger partial charge in [-0.05, 0) is 63.1 Å². The van der Waals surface area contributed by atoms with Gasteiger partial charge in [0.25, 0.3) is 5.91 Å². The molecule has 7 nitrogen and oxygen atoms in total. The minimum atomic E-state index is -3.76. The van der Waals surface area contributed by atoms with Gasteiger partial charge in [-0.25, -0.2) is 13.1 Å². The minimum Gasteiger partial charge on any atom is -0.342 e. The van der Waals surface area contributed by atoms with Gasteiger partial charge in [0, 0.05) is 37.3 Å². The first kappa shape index (κ1) is 23.6. The lowest BCUT2D eigenvalue weighted by Crippen LogP contribution is -2.40. The van der Waals surface area contributed by atoms with Crippen LogP contribution in [0.25, 0.3) is 0 Å². The molecule has 8 heteroatoms. The number of aryl methyl sites for hydroxylation is 1. The molecule has 0 aliphatic heterocycles. The topological polar surface area (TPSA) is 95.6 Å².